The Labute approximate surface area is 184 Å². The van der Waals surface area contributed by atoms with Gasteiger partial charge in [0.25, 0.3) is 5.91 Å². The lowest BCUT2D eigenvalue weighted by Gasteiger charge is -2.35. The summed E-state index contributed by atoms with van der Waals surface area (Å²) in [6, 6.07) is 11.8. The number of aromatic nitrogens is 5. The standard InChI is InChI=1S/C23H22FN7O/c1-15-3-4-17(13-16(15)2)23(32)30-11-9-29(10-12-30)21-20-22(26-14-25-21)31(28-27-20)19-7-5-18(24)6-8-19/h3-8,13-14H,9-12H2,1-2H3. The van der Waals surface area contributed by atoms with Gasteiger partial charge in [-0.15, -0.1) is 5.10 Å². The highest BCUT2D eigenvalue weighted by Gasteiger charge is 2.25. The number of hydrogen-bond donors (Lipinski definition) is 0. The van der Waals surface area contributed by atoms with Gasteiger partial charge in [-0.1, -0.05) is 11.3 Å². The largest absolute Gasteiger partial charge is 0.351 e. The Bertz CT molecular complexity index is 1290. The fourth-order valence-corrected chi connectivity index (χ4v) is 3.90. The second-order valence-corrected chi connectivity index (χ2v) is 7.93. The average molecular weight is 431 g/mol. The topological polar surface area (TPSA) is 80.0 Å². The van der Waals surface area contributed by atoms with E-state index in [0.29, 0.717) is 54.4 Å². The van der Waals surface area contributed by atoms with Crippen LogP contribution in [0, 0.1) is 19.7 Å². The maximum atomic E-state index is 13.3. The lowest BCUT2D eigenvalue weighted by atomic mass is 10.1. The minimum atomic E-state index is -0.318. The minimum Gasteiger partial charge on any atom is -0.351 e. The first-order chi connectivity index (χ1) is 15.5. The van der Waals surface area contributed by atoms with Crippen LogP contribution in [0.15, 0.2) is 48.8 Å². The van der Waals surface area contributed by atoms with Gasteiger partial charge in [-0.3, -0.25) is 4.79 Å². The number of nitrogens with zero attached hydrogens (tertiary/aromatic N) is 7. The Kier molecular flexibility index (Phi) is 5.01. The van der Waals surface area contributed by atoms with Crippen LogP contribution < -0.4 is 4.90 Å². The van der Waals surface area contributed by atoms with E-state index in [1.807, 2.05) is 36.9 Å². The van der Waals surface area contributed by atoms with Crippen molar-refractivity contribution in [3.8, 4) is 5.69 Å². The van der Waals surface area contributed by atoms with Gasteiger partial charge in [-0.2, -0.15) is 4.68 Å². The maximum Gasteiger partial charge on any atom is 0.253 e. The summed E-state index contributed by atoms with van der Waals surface area (Å²) < 4.78 is 14.8. The number of carbonyl (C=O) groups excluding carboxylic acids is 1. The highest BCUT2D eigenvalue weighted by Crippen LogP contribution is 2.24. The zero-order valence-electron chi connectivity index (χ0n) is 17.9. The summed E-state index contributed by atoms with van der Waals surface area (Å²) in [6.07, 6.45) is 1.48. The minimum absolute atomic E-state index is 0.0443. The molecule has 4 aromatic rings. The van der Waals surface area contributed by atoms with Crippen LogP contribution in [-0.2, 0) is 0 Å². The third-order valence-electron chi connectivity index (χ3n) is 5.91. The molecule has 3 heterocycles. The summed E-state index contributed by atoms with van der Waals surface area (Å²) in [7, 11) is 0. The van der Waals surface area contributed by atoms with Crippen molar-refractivity contribution in [1.29, 1.82) is 0 Å². The average Bonchev–Trinajstić information content (AvgIpc) is 3.25. The van der Waals surface area contributed by atoms with E-state index < -0.39 is 0 Å². The number of fused-ring (bicyclic) bond motifs is 1. The van der Waals surface area contributed by atoms with Crippen molar-refractivity contribution in [2.75, 3.05) is 31.1 Å². The van der Waals surface area contributed by atoms with E-state index in [4.69, 9.17) is 0 Å². The molecule has 0 radical (unpaired) electrons. The molecule has 162 valence electrons. The Hall–Kier alpha value is -3.88. The molecule has 2 aromatic carbocycles. The van der Waals surface area contributed by atoms with Gasteiger partial charge in [-0.25, -0.2) is 14.4 Å². The van der Waals surface area contributed by atoms with Crippen molar-refractivity contribution >= 4 is 22.9 Å². The van der Waals surface area contributed by atoms with Crippen molar-refractivity contribution in [2.45, 2.75) is 13.8 Å². The third-order valence-corrected chi connectivity index (χ3v) is 5.91. The quantitative estimate of drug-likeness (QED) is 0.496. The summed E-state index contributed by atoms with van der Waals surface area (Å²) in [5.74, 6) is 0.409. The molecule has 0 aliphatic carbocycles. The van der Waals surface area contributed by atoms with E-state index in [-0.39, 0.29) is 11.7 Å². The molecular formula is C23H22FN7O. The Morgan fingerprint density at radius 3 is 2.41 bits per heavy atom. The van der Waals surface area contributed by atoms with Crippen molar-refractivity contribution in [2.24, 2.45) is 0 Å². The van der Waals surface area contributed by atoms with Crippen molar-refractivity contribution < 1.29 is 9.18 Å². The third kappa shape index (κ3) is 3.55. The summed E-state index contributed by atoms with van der Waals surface area (Å²) in [5, 5.41) is 8.48. The van der Waals surface area contributed by atoms with Crippen LogP contribution in [0.4, 0.5) is 10.2 Å². The van der Waals surface area contributed by atoms with E-state index in [1.165, 1.54) is 24.0 Å². The first-order valence-electron chi connectivity index (χ1n) is 10.4. The van der Waals surface area contributed by atoms with Crippen LogP contribution in [0.1, 0.15) is 21.5 Å². The highest BCUT2D eigenvalue weighted by molar-refractivity contribution is 5.94. The molecule has 5 rings (SSSR count). The van der Waals surface area contributed by atoms with Gasteiger partial charge in [0.2, 0.25) is 0 Å². The number of amides is 1. The monoisotopic (exact) mass is 431 g/mol. The number of rotatable bonds is 3. The van der Waals surface area contributed by atoms with Gasteiger partial charge in [0.15, 0.2) is 17.0 Å². The first kappa shape index (κ1) is 20.0. The SMILES string of the molecule is Cc1ccc(C(=O)N2CCN(c3ncnc4c3nnn4-c3ccc(F)cc3)CC2)cc1C. The smallest absolute Gasteiger partial charge is 0.253 e. The number of aryl methyl sites for hydroxylation is 2. The van der Waals surface area contributed by atoms with E-state index in [0.717, 1.165) is 5.56 Å². The predicted molar refractivity (Wildman–Crippen MR) is 118 cm³/mol. The molecule has 0 N–H and O–H groups in total. The van der Waals surface area contributed by atoms with Gasteiger partial charge in [-0.05, 0) is 61.4 Å². The number of piperazine rings is 1. The van der Waals surface area contributed by atoms with Crippen molar-refractivity contribution in [1.82, 2.24) is 29.9 Å². The van der Waals surface area contributed by atoms with Crippen molar-refractivity contribution in [3.63, 3.8) is 0 Å². The van der Waals surface area contributed by atoms with E-state index in [9.17, 15) is 9.18 Å². The fraction of sp³-hybridized carbons (Fsp3) is 0.261. The van der Waals surface area contributed by atoms with Gasteiger partial charge < -0.3 is 9.80 Å². The molecule has 0 bridgehead atoms. The molecule has 1 aliphatic rings. The van der Waals surface area contributed by atoms with Gasteiger partial charge in [0, 0.05) is 31.7 Å². The first-order valence-corrected chi connectivity index (χ1v) is 10.4. The lowest BCUT2D eigenvalue weighted by Crippen LogP contribution is -2.49. The second kappa shape index (κ2) is 7.99. The molecule has 0 unspecified atom stereocenters. The van der Waals surface area contributed by atoms with Gasteiger partial charge in [0.05, 0.1) is 5.69 Å². The number of halogens is 1. The maximum absolute atomic E-state index is 13.3. The zero-order valence-corrected chi connectivity index (χ0v) is 17.9. The Balaban J connectivity index is 1.35. The normalized spacial score (nSPS) is 14.2. The molecule has 8 nitrogen and oxygen atoms in total. The molecule has 0 saturated carbocycles. The number of hydrogen-bond acceptors (Lipinski definition) is 6. The van der Waals surface area contributed by atoms with Crippen LogP contribution in [0.5, 0.6) is 0 Å². The molecule has 0 atom stereocenters. The summed E-state index contributed by atoms with van der Waals surface area (Å²) in [5.41, 5.74) is 4.80. The number of anilines is 1. The van der Waals surface area contributed by atoms with E-state index >= 15 is 0 Å². The Morgan fingerprint density at radius 1 is 0.938 bits per heavy atom. The van der Waals surface area contributed by atoms with E-state index in [1.54, 1.807) is 16.8 Å². The lowest BCUT2D eigenvalue weighted by molar-refractivity contribution is 0.0746. The summed E-state index contributed by atoms with van der Waals surface area (Å²) in [4.78, 5) is 25.7. The molecule has 1 saturated heterocycles. The van der Waals surface area contributed by atoms with Crippen LogP contribution >= 0.6 is 0 Å². The zero-order chi connectivity index (χ0) is 22.2. The number of carbonyl (C=O) groups is 1. The summed E-state index contributed by atoms with van der Waals surface area (Å²) >= 11 is 0. The predicted octanol–water partition coefficient (Wildman–Crippen LogP) is 2.93. The van der Waals surface area contributed by atoms with Crippen LogP contribution in [0.2, 0.25) is 0 Å². The van der Waals surface area contributed by atoms with Gasteiger partial charge in [0.1, 0.15) is 12.1 Å². The molecule has 32 heavy (non-hydrogen) atoms. The molecule has 2 aromatic heterocycles. The molecule has 9 heteroatoms. The Morgan fingerprint density at radius 2 is 1.69 bits per heavy atom. The van der Waals surface area contributed by atoms with Crippen LogP contribution in [0.25, 0.3) is 16.9 Å². The molecule has 1 amide bonds. The van der Waals surface area contributed by atoms with Gasteiger partial charge >= 0.3 is 0 Å². The fourth-order valence-electron chi connectivity index (χ4n) is 3.90. The second-order valence-electron chi connectivity index (χ2n) is 7.93. The number of benzene rings is 2. The van der Waals surface area contributed by atoms with Crippen molar-refractivity contribution in [3.05, 3.63) is 71.3 Å². The summed E-state index contributed by atoms with van der Waals surface area (Å²) in [6.45, 7) is 6.49. The molecule has 1 aliphatic heterocycles. The molecular weight excluding hydrogens is 409 g/mol. The molecule has 0 spiro atoms. The highest BCUT2D eigenvalue weighted by atomic mass is 19.1. The van der Waals surface area contributed by atoms with Crippen LogP contribution in [-0.4, -0.2) is 61.9 Å². The van der Waals surface area contributed by atoms with Crippen LogP contribution in [0.3, 0.4) is 0 Å². The molecule has 1 fully saturated rings. The van der Waals surface area contributed by atoms with E-state index in [2.05, 4.69) is 25.2 Å².